The van der Waals surface area contributed by atoms with E-state index in [1.165, 1.54) is 0 Å². The number of nitrogens with two attached hydrogens (primary N) is 1. The van der Waals surface area contributed by atoms with Crippen LogP contribution >= 0.6 is 24.0 Å². The molecule has 0 heterocycles. The number of hydrogen-bond donors (Lipinski definition) is 2. The highest BCUT2D eigenvalue weighted by Crippen LogP contribution is 2.10. The first-order chi connectivity index (χ1) is 7.11. The van der Waals surface area contributed by atoms with Gasteiger partial charge in [-0.2, -0.15) is 0 Å². The van der Waals surface area contributed by atoms with Crippen molar-refractivity contribution in [3.05, 3.63) is 34.9 Å². The van der Waals surface area contributed by atoms with Gasteiger partial charge in [-0.05, 0) is 24.6 Å². The average Bonchev–Trinajstić information content (AvgIpc) is 2.17. The van der Waals surface area contributed by atoms with Crippen molar-refractivity contribution in [1.82, 2.24) is 5.32 Å². The molecule has 3 nitrogen and oxygen atoms in total. The molecule has 0 aliphatic carbocycles. The lowest BCUT2D eigenvalue weighted by atomic mass is 10.1. The Bertz CT molecular complexity index is 345. The minimum Gasteiger partial charge on any atom is -0.352 e. The summed E-state index contributed by atoms with van der Waals surface area (Å²) in [5.74, 6) is -0.0322. The van der Waals surface area contributed by atoms with E-state index < -0.39 is 0 Å². The average molecular weight is 263 g/mol. The molecule has 0 aromatic heterocycles. The molecule has 1 rings (SSSR count). The van der Waals surface area contributed by atoms with Gasteiger partial charge in [0.2, 0.25) is 5.91 Å². The second-order valence-electron chi connectivity index (χ2n) is 3.51. The van der Waals surface area contributed by atoms with Crippen molar-refractivity contribution in [2.24, 2.45) is 5.73 Å². The van der Waals surface area contributed by atoms with Crippen LogP contribution in [0, 0.1) is 0 Å². The normalized spacial score (nSPS) is 11.4. The van der Waals surface area contributed by atoms with Crippen LogP contribution in [-0.4, -0.2) is 18.5 Å². The van der Waals surface area contributed by atoms with Crippen molar-refractivity contribution < 1.29 is 4.79 Å². The SMILES string of the molecule is C[C@H](CN)NC(=O)Cc1cccc(Cl)c1.Cl. The summed E-state index contributed by atoms with van der Waals surface area (Å²) in [4.78, 5) is 11.5. The van der Waals surface area contributed by atoms with E-state index in [2.05, 4.69) is 5.32 Å². The highest BCUT2D eigenvalue weighted by Gasteiger charge is 2.06. The van der Waals surface area contributed by atoms with E-state index in [1.54, 1.807) is 12.1 Å². The maximum Gasteiger partial charge on any atom is 0.224 e. The molecule has 3 N–H and O–H groups in total. The molecular weight excluding hydrogens is 247 g/mol. The van der Waals surface area contributed by atoms with Gasteiger partial charge in [0.05, 0.1) is 6.42 Å². The van der Waals surface area contributed by atoms with Crippen molar-refractivity contribution in [1.29, 1.82) is 0 Å². The van der Waals surface area contributed by atoms with Crippen molar-refractivity contribution in [2.45, 2.75) is 19.4 Å². The molecule has 0 aliphatic rings. The molecule has 0 unspecified atom stereocenters. The van der Waals surface area contributed by atoms with Crippen LogP contribution in [0.2, 0.25) is 5.02 Å². The lowest BCUT2D eigenvalue weighted by Gasteiger charge is -2.11. The maximum absolute atomic E-state index is 11.5. The summed E-state index contributed by atoms with van der Waals surface area (Å²) in [5.41, 5.74) is 6.31. The van der Waals surface area contributed by atoms with E-state index in [0.717, 1.165) is 5.56 Å². The van der Waals surface area contributed by atoms with Crippen LogP contribution in [-0.2, 0) is 11.2 Å². The second-order valence-corrected chi connectivity index (χ2v) is 3.95. The molecule has 0 saturated heterocycles. The standard InChI is InChI=1S/C11H15ClN2O.ClH/c1-8(7-13)14-11(15)6-9-3-2-4-10(12)5-9;/h2-5,8H,6-7,13H2,1H3,(H,14,15);1H/t8-;/m1./s1. The van der Waals surface area contributed by atoms with Crippen LogP contribution in [0.3, 0.4) is 0 Å². The van der Waals surface area contributed by atoms with Crippen molar-refractivity contribution in [3.8, 4) is 0 Å². The zero-order chi connectivity index (χ0) is 11.3. The Hall–Kier alpha value is -0.770. The van der Waals surface area contributed by atoms with Crippen molar-refractivity contribution in [3.63, 3.8) is 0 Å². The molecule has 1 amide bonds. The molecule has 0 radical (unpaired) electrons. The van der Waals surface area contributed by atoms with Gasteiger partial charge in [0.1, 0.15) is 0 Å². The van der Waals surface area contributed by atoms with Gasteiger partial charge in [0, 0.05) is 17.6 Å². The minimum absolute atomic E-state index is 0. The van der Waals surface area contributed by atoms with Crippen LogP contribution in [0.25, 0.3) is 0 Å². The van der Waals surface area contributed by atoms with Crippen molar-refractivity contribution in [2.75, 3.05) is 6.54 Å². The fourth-order valence-electron chi connectivity index (χ4n) is 1.22. The zero-order valence-electron chi connectivity index (χ0n) is 9.07. The van der Waals surface area contributed by atoms with E-state index in [4.69, 9.17) is 17.3 Å². The Morgan fingerprint density at radius 2 is 2.25 bits per heavy atom. The molecule has 0 saturated carbocycles. The number of hydrogen-bond acceptors (Lipinski definition) is 2. The summed E-state index contributed by atoms with van der Waals surface area (Å²) >= 11 is 5.81. The summed E-state index contributed by atoms with van der Waals surface area (Å²) in [6.45, 7) is 2.32. The van der Waals surface area contributed by atoms with Gasteiger partial charge in [0.15, 0.2) is 0 Å². The molecule has 0 aliphatic heterocycles. The topological polar surface area (TPSA) is 55.1 Å². The lowest BCUT2D eigenvalue weighted by Crippen LogP contribution is -2.38. The third-order valence-electron chi connectivity index (χ3n) is 2.01. The monoisotopic (exact) mass is 262 g/mol. The fourth-order valence-corrected chi connectivity index (χ4v) is 1.43. The number of amides is 1. The largest absolute Gasteiger partial charge is 0.352 e. The number of nitrogens with one attached hydrogen (secondary N) is 1. The van der Waals surface area contributed by atoms with Gasteiger partial charge in [-0.15, -0.1) is 12.4 Å². The Morgan fingerprint density at radius 3 is 2.81 bits per heavy atom. The molecule has 1 aromatic rings. The van der Waals surface area contributed by atoms with Crippen LogP contribution in [0.1, 0.15) is 12.5 Å². The molecule has 0 bridgehead atoms. The zero-order valence-corrected chi connectivity index (χ0v) is 10.6. The quantitative estimate of drug-likeness (QED) is 0.869. The minimum atomic E-state index is -0.0322. The first-order valence-electron chi connectivity index (χ1n) is 4.85. The van der Waals surface area contributed by atoms with E-state index >= 15 is 0 Å². The van der Waals surface area contributed by atoms with E-state index in [-0.39, 0.29) is 24.4 Å². The Kier molecular flexibility index (Phi) is 7.13. The molecule has 0 fully saturated rings. The molecule has 90 valence electrons. The van der Waals surface area contributed by atoms with Crippen LogP contribution in [0.15, 0.2) is 24.3 Å². The highest BCUT2D eigenvalue weighted by atomic mass is 35.5. The van der Waals surface area contributed by atoms with Crippen molar-refractivity contribution >= 4 is 29.9 Å². The number of rotatable bonds is 4. The molecule has 0 spiro atoms. The third kappa shape index (κ3) is 5.35. The third-order valence-corrected chi connectivity index (χ3v) is 2.25. The summed E-state index contributed by atoms with van der Waals surface area (Å²) in [5, 5.41) is 3.44. The molecular formula is C11H16Cl2N2O. The van der Waals surface area contributed by atoms with Crippen LogP contribution in [0.4, 0.5) is 0 Å². The van der Waals surface area contributed by atoms with Crippen LogP contribution in [0.5, 0.6) is 0 Å². The number of halogens is 2. The Balaban J connectivity index is 0.00000225. The summed E-state index contributed by atoms with van der Waals surface area (Å²) < 4.78 is 0. The fraction of sp³-hybridized carbons (Fsp3) is 0.364. The smallest absolute Gasteiger partial charge is 0.224 e. The molecule has 1 aromatic carbocycles. The van der Waals surface area contributed by atoms with E-state index in [0.29, 0.717) is 18.0 Å². The van der Waals surface area contributed by atoms with E-state index in [9.17, 15) is 4.79 Å². The lowest BCUT2D eigenvalue weighted by molar-refractivity contribution is -0.120. The van der Waals surface area contributed by atoms with Gasteiger partial charge < -0.3 is 11.1 Å². The maximum atomic E-state index is 11.5. The van der Waals surface area contributed by atoms with Gasteiger partial charge >= 0.3 is 0 Å². The summed E-state index contributed by atoms with van der Waals surface area (Å²) in [6.07, 6.45) is 0.338. The summed E-state index contributed by atoms with van der Waals surface area (Å²) in [6, 6.07) is 7.28. The molecule has 16 heavy (non-hydrogen) atoms. The first-order valence-corrected chi connectivity index (χ1v) is 5.23. The highest BCUT2D eigenvalue weighted by molar-refractivity contribution is 6.30. The molecule has 5 heteroatoms. The first kappa shape index (κ1) is 15.2. The predicted molar refractivity (Wildman–Crippen MR) is 69.1 cm³/mol. The second kappa shape index (κ2) is 7.49. The Morgan fingerprint density at radius 1 is 1.56 bits per heavy atom. The Labute approximate surface area is 107 Å². The number of carbonyl (C=O) groups excluding carboxylic acids is 1. The van der Waals surface area contributed by atoms with Gasteiger partial charge in [-0.25, -0.2) is 0 Å². The predicted octanol–water partition coefficient (Wildman–Crippen LogP) is 1.77. The summed E-state index contributed by atoms with van der Waals surface area (Å²) in [7, 11) is 0. The number of benzene rings is 1. The molecule has 1 atom stereocenters. The van der Waals surface area contributed by atoms with Gasteiger partial charge in [-0.3, -0.25) is 4.79 Å². The van der Waals surface area contributed by atoms with Crippen LogP contribution < -0.4 is 11.1 Å². The van der Waals surface area contributed by atoms with Gasteiger partial charge in [-0.1, -0.05) is 23.7 Å². The van der Waals surface area contributed by atoms with Gasteiger partial charge in [0.25, 0.3) is 0 Å². The number of carbonyl (C=O) groups is 1. The van der Waals surface area contributed by atoms with E-state index in [1.807, 2.05) is 19.1 Å².